The van der Waals surface area contributed by atoms with Crippen LogP contribution in [0.1, 0.15) is 33.1 Å². The molecule has 0 aromatic rings. The highest BCUT2D eigenvalue weighted by atomic mass is 16.1. The average molecular weight is 241 g/mol. The molecule has 17 heavy (non-hydrogen) atoms. The molecule has 2 N–H and O–H groups in total. The largest absolute Gasteiger partial charge is 0.355 e. The third-order valence-corrected chi connectivity index (χ3v) is 3.77. The van der Waals surface area contributed by atoms with Gasteiger partial charge < -0.3 is 15.5 Å². The minimum absolute atomic E-state index is 0.178. The molecule has 4 heteroatoms. The van der Waals surface area contributed by atoms with E-state index in [1.54, 1.807) is 0 Å². The molecule has 1 heterocycles. The lowest BCUT2D eigenvalue weighted by Gasteiger charge is -2.25. The maximum atomic E-state index is 11.8. The summed E-state index contributed by atoms with van der Waals surface area (Å²) in [5.41, 5.74) is 0. The van der Waals surface area contributed by atoms with Gasteiger partial charge in [0, 0.05) is 25.7 Å². The van der Waals surface area contributed by atoms with Gasteiger partial charge in [-0.2, -0.15) is 0 Å². The number of likely N-dealkylation sites (N-methyl/N-ethyl adjacent to an activating group) is 1. The molecule has 0 spiro atoms. The van der Waals surface area contributed by atoms with Crippen LogP contribution in [-0.4, -0.2) is 50.1 Å². The van der Waals surface area contributed by atoms with Crippen LogP contribution in [-0.2, 0) is 4.79 Å². The molecule has 0 bridgehead atoms. The fourth-order valence-corrected chi connectivity index (χ4v) is 2.11. The van der Waals surface area contributed by atoms with Crippen LogP contribution in [0.4, 0.5) is 0 Å². The van der Waals surface area contributed by atoms with Crippen molar-refractivity contribution < 1.29 is 4.79 Å². The number of amides is 1. The molecule has 2 atom stereocenters. The zero-order chi connectivity index (χ0) is 12.7. The Morgan fingerprint density at radius 1 is 1.59 bits per heavy atom. The second-order valence-corrected chi connectivity index (χ2v) is 5.07. The van der Waals surface area contributed by atoms with Crippen LogP contribution in [0.25, 0.3) is 0 Å². The molecule has 0 aromatic carbocycles. The van der Waals surface area contributed by atoms with Crippen LogP contribution in [0.3, 0.4) is 0 Å². The van der Waals surface area contributed by atoms with Gasteiger partial charge in [0.1, 0.15) is 0 Å². The van der Waals surface area contributed by atoms with E-state index in [0.29, 0.717) is 6.04 Å². The molecule has 0 aromatic heterocycles. The molecule has 0 saturated carbocycles. The average Bonchev–Trinajstić information content (AvgIpc) is 2.38. The van der Waals surface area contributed by atoms with Crippen molar-refractivity contribution in [2.45, 2.75) is 39.2 Å². The minimum Gasteiger partial charge on any atom is -0.355 e. The summed E-state index contributed by atoms with van der Waals surface area (Å²) in [6.45, 7) is 7.99. The zero-order valence-corrected chi connectivity index (χ0v) is 11.5. The van der Waals surface area contributed by atoms with Crippen LogP contribution in [0.15, 0.2) is 0 Å². The van der Waals surface area contributed by atoms with E-state index >= 15 is 0 Å². The number of carbonyl (C=O) groups excluding carboxylic acids is 1. The number of rotatable bonds is 6. The Morgan fingerprint density at radius 2 is 2.35 bits per heavy atom. The fraction of sp³-hybridized carbons (Fsp3) is 0.923. The third kappa shape index (κ3) is 5.04. The van der Waals surface area contributed by atoms with E-state index < -0.39 is 0 Å². The molecule has 1 unspecified atom stereocenters. The molecule has 100 valence electrons. The number of nitrogens with one attached hydrogen (secondary N) is 2. The maximum absolute atomic E-state index is 11.8. The normalized spacial score (nSPS) is 22.5. The maximum Gasteiger partial charge on any atom is 0.224 e. The lowest BCUT2D eigenvalue weighted by molar-refractivity contribution is -0.125. The Morgan fingerprint density at radius 3 is 2.94 bits per heavy atom. The van der Waals surface area contributed by atoms with E-state index in [-0.39, 0.29) is 11.8 Å². The van der Waals surface area contributed by atoms with E-state index in [2.05, 4.69) is 36.4 Å². The minimum atomic E-state index is 0.178. The van der Waals surface area contributed by atoms with E-state index in [4.69, 9.17) is 0 Å². The standard InChI is InChI=1S/C13H27N3O/c1-4-11(2)16(3)9-8-15-13(17)12-6-5-7-14-10-12/h11-12,14H,4-10H2,1-3H3,(H,15,17)/t11?,12-/m1/s1. The van der Waals surface area contributed by atoms with Crippen LogP contribution in [0.5, 0.6) is 0 Å². The van der Waals surface area contributed by atoms with E-state index in [9.17, 15) is 4.79 Å². The Balaban J connectivity index is 2.15. The molecule has 1 aliphatic rings. The van der Waals surface area contributed by atoms with Crippen molar-refractivity contribution in [2.24, 2.45) is 5.92 Å². The first-order valence-electron chi connectivity index (χ1n) is 6.83. The molecule has 4 nitrogen and oxygen atoms in total. The number of hydrogen-bond acceptors (Lipinski definition) is 3. The van der Waals surface area contributed by atoms with Crippen molar-refractivity contribution in [3.05, 3.63) is 0 Å². The van der Waals surface area contributed by atoms with Gasteiger partial charge in [-0.1, -0.05) is 6.92 Å². The SMILES string of the molecule is CCC(C)N(C)CCNC(=O)[C@@H]1CCCNC1. The summed E-state index contributed by atoms with van der Waals surface area (Å²) in [6, 6.07) is 0.586. The van der Waals surface area contributed by atoms with E-state index in [0.717, 1.165) is 45.4 Å². The van der Waals surface area contributed by atoms with Crippen molar-refractivity contribution in [1.82, 2.24) is 15.5 Å². The predicted molar refractivity (Wildman–Crippen MR) is 71.0 cm³/mol. The van der Waals surface area contributed by atoms with Crippen LogP contribution in [0, 0.1) is 5.92 Å². The van der Waals surface area contributed by atoms with Crippen LogP contribution < -0.4 is 10.6 Å². The number of piperidine rings is 1. The number of hydrogen-bond donors (Lipinski definition) is 2. The van der Waals surface area contributed by atoms with Crippen molar-refractivity contribution >= 4 is 5.91 Å². The quantitative estimate of drug-likeness (QED) is 0.724. The van der Waals surface area contributed by atoms with Gasteiger partial charge in [-0.25, -0.2) is 0 Å². The van der Waals surface area contributed by atoms with Gasteiger partial charge in [0.05, 0.1) is 5.92 Å². The number of nitrogens with zero attached hydrogens (tertiary/aromatic N) is 1. The Bertz CT molecular complexity index is 227. The Hall–Kier alpha value is -0.610. The fourth-order valence-electron chi connectivity index (χ4n) is 2.11. The predicted octanol–water partition coefficient (Wildman–Crippen LogP) is 0.833. The molecule has 1 amide bonds. The lowest BCUT2D eigenvalue weighted by Crippen LogP contribution is -2.43. The summed E-state index contributed by atoms with van der Waals surface area (Å²) < 4.78 is 0. The highest BCUT2D eigenvalue weighted by Gasteiger charge is 2.20. The summed E-state index contributed by atoms with van der Waals surface area (Å²) in [6.07, 6.45) is 3.29. The molecule has 1 aliphatic heterocycles. The van der Waals surface area contributed by atoms with Crippen LogP contribution in [0.2, 0.25) is 0 Å². The first-order valence-corrected chi connectivity index (χ1v) is 6.83. The lowest BCUT2D eigenvalue weighted by atomic mass is 9.99. The van der Waals surface area contributed by atoms with Gasteiger partial charge >= 0.3 is 0 Å². The number of carbonyl (C=O) groups is 1. The molecule has 0 radical (unpaired) electrons. The summed E-state index contributed by atoms with van der Waals surface area (Å²) in [7, 11) is 2.11. The van der Waals surface area contributed by atoms with Crippen molar-refractivity contribution in [1.29, 1.82) is 0 Å². The highest BCUT2D eigenvalue weighted by Crippen LogP contribution is 2.09. The smallest absolute Gasteiger partial charge is 0.224 e. The summed E-state index contributed by atoms with van der Waals surface area (Å²) in [4.78, 5) is 14.1. The second-order valence-electron chi connectivity index (χ2n) is 5.07. The van der Waals surface area contributed by atoms with E-state index in [1.807, 2.05) is 0 Å². The monoisotopic (exact) mass is 241 g/mol. The Labute approximate surface area is 105 Å². The van der Waals surface area contributed by atoms with Crippen molar-refractivity contribution in [2.75, 3.05) is 33.2 Å². The molecular formula is C13H27N3O. The first kappa shape index (κ1) is 14.5. The van der Waals surface area contributed by atoms with Crippen LogP contribution >= 0.6 is 0 Å². The molecule has 1 saturated heterocycles. The highest BCUT2D eigenvalue weighted by molar-refractivity contribution is 5.78. The van der Waals surface area contributed by atoms with E-state index in [1.165, 1.54) is 0 Å². The van der Waals surface area contributed by atoms with Gasteiger partial charge in [-0.15, -0.1) is 0 Å². The van der Waals surface area contributed by atoms with Crippen molar-refractivity contribution in [3.63, 3.8) is 0 Å². The van der Waals surface area contributed by atoms with Gasteiger partial charge in [0.25, 0.3) is 0 Å². The van der Waals surface area contributed by atoms with Gasteiger partial charge in [0.2, 0.25) is 5.91 Å². The molecule has 1 rings (SSSR count). The van der Waals surface area contributed by atoms with Crippen molar-refractivity contribution in [3.8, 4) is 0 Å². The third-order valence-electron chi connectivity index (χ3n) is 3.77. The van der Waals surface area contributed by atoms with Gasteiger partial charge in [-0.3, -0.25) is 4.79 Å². The summed E-state index contributed by atoms with van der Waals surface area (Å²) in [5, 5.41) is 6.31. The second kappa shape index (κ2) is 7.67. The summed E-state index contributed by atoms with van der Waals surface area (Å²) in [5.74, 6) is 0.396. The molecule has 0 aliphatic carbocycles. The first-order chi connectivity index (χ1) is 8.15. The Kier molecular flexibility index (Phi) is 6.52. The van der Waals surface area contributed by atoms with Gasteiger partial charge in [0.15, 0.2) is 0 Å². The van der Waals surface area contributed by atoms with Gasteiger partial charge in [-0.05, 0) is 39.8 Å². The summed E-state index contributed by atoms with van der Waals surface area (Å²) >= 11 is 0. The molecule has 1 fully saturated rings. The topological polar surface area (TPSA) is 44.4 Å². The zero-order valence-electron chi connectivity index (χ0n) is 11.5. The molecular weight excluding hydrogens is 214 g/mol.